The zero-order chi connectivity index (χ0) is 18.1. The van der Waals surface area contributed by atoms with E-state index in [1.165, 1.54) is 17.4 Å². The molecule has 0 aliphatic carbocycles. The summed E-state index contributed by atoms with van der Waals surface area (Å²) in [6, 6.07) is 17.9. The Morgan fingerprint density at radius 2 is 1.85 bits per heavy atom. The van der Waals surface area contributed by atoms with Crippen LogP contribution in [-0.4, -0.2) is 5.91 Å². The number of carbonyl (C=O) groups excluding carboxylic acids is 1. The number of rotatable bonds is 3. The van der Waals surface area contributed by atoms with E-state index < -0.39 is 0 Å². The molecule has 5 heteroatoms. The van der Waals surface area contributed by atoms with Crippen LogP contribution in [0, 0.1) is 6.92 Å². The average Bonchev–Trinajstić information content (AvgIpc) is 3.17. The van der Waals surface area contributed by atoms with Gasteiger partial charge in [-0.2, -0.15) is 0 Å². The molecule has 2 aromatic carbocycles. The minimum absolute atomic E-state index is 0.144. The van der Waals surface area contributed by atoms with E-state index in [0.717, 1.165) is 11.1 Å². The summed E-state index contributed by atoms with van der Waals surface area (Å²) in [4.78, 5) is 25.3. The predicted octanol–water partition coefficient (Wildman–Crippen LogP) is 5.08. The lowest BCUT2D eigenvalue weighted by atomic mass is 10.1. The van der Waals surface area contributed by atoms with Crippen LogP contribution < -0.4 is 10.7 Å². The number of fused-ring (bicyclic) bond motifs is 1. The molecule has 2 heterocycles. The highest BCUT2D eigenvalue weighted by atomic mass is 32.1. The summed E-state index contributed by atoms with van der Waals surface area (Å²) < 4.78 is 5.89. The lowest BCUT2D eigenvalue weighted by Gasteiger charge is -2.07. The molecule has 4 rings (SSSR count). The Labute approximate surface area is 153 Å². The summed E-state index contributed by atoms with van der Waals surface area (Å²) in [7, 11) is 0. The summed E-state index contributed by atoms with van der Waals surface area (Å²) in [5.41, 5.74) is 2.90. The maximum Gasteiger partial charge on any atom is 0.265 e. The molecule has 0 saturated heterocycles. The van der Waals surface area contributed by atoms with Crippen LogP contribution in [0.5, 0.6) is 0 Å². The van der Waals surface area contributed by atoms with Gasteiger partial charge in [-0.15, -0.1) is 11.3 Å². The number of anilines is 1. The van der Waals surface area contributed by atoms with Gasteiger partial charge in [0.25, 0.3) is 5.91 Å². The maximum atomic E-state index is 12.5. The Bertz CT molecular complexity index is 1140. The van der Waals surface area contributed by atoms with Gasteiger partial charge in [-0.1, -0.05) is 35.9 Å². The third kappa shape index (κ3) is 3.17. The SMILES string of the molecule is Cc1ccc(-c2cc(=O)c3cc(NC(=O)c4cccs4)ccc3o2)cc1. The smallest absolute Gasteiger partial charge is 0.265 e. The van der Waals surface area contributed by atoms with Gasteiger partial charge in [0.1, 0.15) is 11.3 Å². The summed E-state index contributed by atoms with van der Waals surface area (Å²) in [5.74, 6) is 0.331. The Hall–Kier alpha value is -3.18. The highest BCUT2D eigenvalue weighted by Gasteiger charge is 2.10. The van der Waals surface area contributed by atoms with Crippen molar-refractivity contribution in [3.05, 3.63) is 86.7 Å². The quantitative estimate of drug-likeness (QED) is 0.553. The van der Waals surface area contributed by atoms with Crippen LogP contribution in [0.2, 0.25) is 0 Å². The molecule has 0 spiro atoms. The largest absolute Gasteiger partial charge is 0.456 e. The molecule has 0 radical (unpaired) electrons. The topological polar surface area (TPSA) is 59.3 Å². The fraction of sp³-hybridized carbons (Fsp3) is 0.0476. The van der Waals surface area contributed by atoms with Crippen molar-refractivity contribution in [3.63, 3.8) is 0 Å². The molecule has 26 heavy (non-hydrogen) atoms. The van der Waals surface area contributed by atoms with Gasteiger partial charge in [0.05, 0.1) is 10.3 Å². The minimum atomic E-state index is -0.194. The second-order valence-corrected chi connectivity index (χ2v) is 6.93. The van der Waals surface area contributed by atoms with Crippen LogP contribution in [0.1, 0.15) is 15.2 Å². The van der Waals surface area contributed by atoms with Crippen LogP contribution in [0.3, 0.4) is 0 Å². The van der Waals surface area contributed by atoms with Gasteiger partial charge in [0.2, 0.25) is 0 Å². The van der Waals surface area contributed by atoms with E-state index >= 15 is 0 Å². The standard InChI is InChI=1S/C21H15NO3S/c1-13-4-6-14(7-5-13)19-12-17(23)16-11-15(8-9-18(16)25-19)22-21(24)20-3-2-10-26-20/h2-12H,1H3,(H,22,24). The number of hydrogen-bond acceptors (Lipinski definition) is 4. The Morgan fingerprint density at radius 3 is 2.58 bits per heavy atom. The van der Waals surface area contributed by atoms with Gasteiger partial charge in [-0.25, -0.2) is 0 Å². The molecule has 4 aromatic rings. The molecular weight excluding hydrogens is 346 g/mol. The number of aryl methyl sites for hydroxylation is 1. The third-order valence-electron chi connectivity index (χ3n) is 4.07. The van der Waals surface area contributed by atoms with Crippen LogP contribution in [0.25, 0.3) is 22.3 Å². The van der Waals surface area contributed by atoms with Crippen molar-refractivity contribution in [3.8, 4) is 11.3 Å². The number of nitrogens with one attached hydrogen (secondary N) is 1. The van der Waals surface area contributed by atoms with Gasteiger partial charge in [0.15, 0.2) is 5.43 Å². The third-order valence-corrected chi connectivity index (χ3v) is 4.93. The van der Waals surface area contributed by atoms with Gasteiger partial charge >= 0.3 is 0 Å². The summed E-state index contributed by atoms with van der Waals surface area (Å²) in [6.45, 7) is 2.01. The van der Waals surface area contributed by atoms with Crippen LogP contribution >= 0.6 is 11.3 Å². The Morgan fingerprint density at radius 1 is 1.04 bits per heavy atom. The van der Waals surface area contributed by atoms with E-state index in [1.54, 1.807) is 24.3 Å². The van der Waals surface area contributed by atoms with Gasteiger partial charge in [0, 0.05) is 17.3 Å². The van der Waals surface area contributed by atoms with Crippen LogP contribution in [0.15, 0.2) is 75.3 Å². The second-order valence-electron chi connectivity index (χ2n) is 5.98. The number of carbonyl (C=O) groups is 1. The maximum absolute atomic E-state index is 12.5. The Kier molecular flexibility index (Phi) is 4.14. The number of thiophene rings is 1. The van der Waals surface area contributed by atoms with Crippen molar-refractivity contribution in [2.24, 2.45) is 0 Å². The zero-order valence-electron chi connectivity index (χ0n) is 14.0. The van der Waals surface area contributed by atoms with Crippen molar-refractivity contribution in [1.82, 2.24) is 0 Å². The molecule has 0 unspecified atom stereocenters. The fourth-order valence-electron chi connectivity index (χ4n) is 2.69. The van der Waals surface area contributed by atoms with Crippen LogP contribution in [0.4, 0.5) is 5.69 Å². The summed E-state index contributed by atoms with van der Waals surface area (Å²) in [6.07, 6.45) is 0. The molecule has 0 aliphatic heterocycles. The second kappa shape index (κ2) is 6.61. The van der Waals surface area contributed by atoms with E-state index in [4.69, 9.17) is 4.42 Å². The first-order chi connectivity index (χ1) is 12.6. The van der Waals surface area contributed by atoms with E-state index in [-0.39, 0.29) is 11.3 Å². The predicted molar refractivity (Wildman–Crippen MR) is 105 cm³/mol. The van der Waals surface area contributed by atoms with E-state index in [1.807, 2.05) is 42.6 Å². The average molecular weight is 361 g/mol. The normalized spacial score (nSPS) is 10.8. The molecular formula is C21H15NO3S. The Balaban J connectivity index is 1.70. The lowest BCUT2D eigenvalue weighted by Crippen LogP contribution is -2.10. The first-order valence-corrected chi connectivity index (χ1v) is 8.98. The first-order valence-electron chi connectivity index (χ1n) is 8.10. The summed E-state index contributed by atoms with van der Waals surface area (Å²) >= 11 is 1.37. The number of amides is 1. The van der Waals surface area contributed by atoms with Crippen molar-refractivity contribution < 1.29 is 9.21 Å². The molecule has 1 N–H and O–H groups in total. The molecule has 2 aromatic heterocycles. The molecule has 4 nitrogen and oxygen atoms in total. The number of benzene rings is 2. The number of hydrogen-bond donors (Lipinski definition) is 1. The molecule has 128 valence electrons. The van der Waals surface area contributed by atoms with E-state index in [9.17, 15) is 9.59 Å². The van der Waals surface area contributed by atoms with Crippen molar-refractivity contribution >= 4 is 33.9 Å². The lowest BCUT2D eigenvalue weighted by molar-refractivity contribution is 0.103. The molecule has 0 aliphatic rings. The van der Waals surface area contributed by atoms with Crippen molar-refractivity contribution in [1.29, 1.82) is 0 Å². The van der Waals surface area contributed by atoms with E-state index in [0.29, 0.717) is 27.3 Å². The fourth-order valence-corrected chi connectivity index (χ4v) is 3.31. The molecule has 0 saturated carbocycles. The molecule has 0 bridgehead atoms. The van der Waals surface area contributed by atoms with Crippen LogP contribution in [-0.2, 0) is 0 Å². The molecule has 1 amide bonds. The van der Waals surface area contributed by atoms with Crippen molar-refractivity contribution in [2.45, 2.75) is 6.92 Å². The highest BCUT2D eigenvalue weighted by molar-refractivity contribution is 7.12. The molecule has 0 atom stereocenters. The van der Waals surface area contributed by atoms with Gasteiger partial charge < -0.3 is 9.73 Å². The zero-order valence-corrected chi connectivity index (χ0v) is 14.8. The summed E-state index contributed by atoms with van der Waals surface area (Å²) in [5, 5.41) is 5.09. The molecule has 0 fully saturated rings. The monoisotopic (exact) mass is 361 g/mol. The highest BCUT2D eigenvalue weighted by Crippen LogP contribution is 2.24. The van der Waals surface area contributed by atoms with E-state index in [2.05, 4.69) is 5.32 Å². The van der Waals surface area contributed by atoms with Gasteiger partial charge in [-0.05, 0) is 36.6 Å². The van der Waals surface area contributed by atoms with Gasteiger partial charge in [-0.3, -0.25) is 9.59 Å². The first kappa shape index (κ1) is 16.3. The minimum Gasteiger partial charge on any atom is -0.456 e. The van der Waals surface area contributed by atoms with Crippen molar-refractivity contribution in [2.75, 3.05) is 5.32 Å².